The number of benzene rings is 1. The summed E-state index contributed by atoms with van der Waals surface area (Å²) in [6.07, 6.45) is 1.42. The van der Waals surface area contributed by atoms with E-state index in [4.69, 9.17) is 23.2 Å². The molecule has 1 aromatic carbocycles. The van der Waals surface area contributed by atoms with E-state index in [1.54, 1.807) is 6.92 Å². The third-order valence-corrected chi connectivity index (χ3v) is 2.80. The highest BCUT2D eigenvalue weighted by Gasteiger charge is 2.08. The van der Waals surface area contributed by atoms with Gasteiger partial charge < -0.3 is 0 Å². The van der Waals surface area contributed by atoms with Crippen LogP contribution in [0, 0.1) is 12.7 Å². The van der Waals surface area contributed by atoms with Crippen molar-refractivity contribution in [3.05, 3.63) is 39.8 Å². The molecule has 1 aromatic heterocycles. The first kappa shape index (κ1) is 9.69. The van der Waals surface area contributed by atoms with Crippen molar-refractivity contribution in [3.63, 3.8) is 0 Å². The third-order valence-electron chi connectivity index (χ3n) is 2.03. The number of pyridine rings is 1. The van der Waals surface area contributed by atoms with E-state index in [0.717, 1.165) is 5.56 Å². The zero-order valence-electron chi connectivity index (χ0n) is 7.31. The van der Waals surface area contributed by atoms with E-state index in [1.165, 1.54) is 18.3 Å². The Balaban J connectivity index is 2.95. The van der Waals surface area contributed by atoms with E-state index < -0.39 is 0 Å². The third kappa shape index (κ3) is 1.45. The Morgan fingerprint density at radius 2 is 2.00 bits per heavy atom. The number of hydrogen-bond acceptors (Lipinski definition) is 1. The largest absolute Gasteiger partial charge is 0.254 e. The minimum atomic E-state index is -0.319. The number of hydrogen-bond donors (Lipinski definition) is 0. The SMILES string of the molecule is Cc1cc(F)cc2ncc(Cl)c(Cl)c12. The molecule has 72 valence electrons. The van der Waals surface area contributed by atoms with Crippen molar-refractivity contribution in [2.75, 3.05) is 0 Å². The van der Waals surface area contributed by atoms with Gasteiger partial charge >= 0.3 is 0 Å². The summed E-state index contributed by atoms with van der Waals surface area (Å²) in [5.41, 5.74) is 1.26. The van der Waals surface area contributed by atoms with Crippen molar-refractivity contribution in [1.29, 1.82) is 0 Å². The zero-order valence-corrected chi connectivity index (χ0v) is 8.83. The second kappa shape index (κ2) is 3.37. The summed E-state index contributed by atoms with van der Waals surface area (Å²) < 4.78 is 13.0. The lowest BCUT2D eigenvalue weighted by molar-refractivity contribution is 0.628. The van der Waals surface area contributed by atoms with Crippen molar-refractivity contribution in [1.82, 2.24) is 4.98 Å². The van der Waals surface area contributed by atoms with Gasteiger partial charge in [0.15, 0.2) is 0 Å². The topological polar surface area (TPSA) is 12.9 Å². The maximum atomic E-state index is 13.0. The summed E-state index contributed by atoms with van der Waals surface area (Å²) in [6.45, 7) is 1.77. The predicted octanol–water partition coefficient (Wildman–Crippen LogP) is 3.99. The molecule has 0 aliphatic heterocycles. The molecule has 2 aromatic rings. The first-order valence-corrected chi connectivity index (χ1v) is 4.75. The molecule has 0 N–H and O–H groups in total. The molecule has 0 aliphatic carbocycles. The van der Waals surface area contributed by atoms with Gasteiger partial charge in [0.1, 0.15) is 5.82 Å². The smallest absolute Gasteiger partial charge is 0.125 e. The maximum Gasteiger partial charge on any atom is 0.125 e. The van der Waals surface area contributed by atoms with Crippen LogP contribution in [0.25, 0.3) is 10.9 Å². The van der Waals surface area contributed by atoms with Gasteiger partial charge in [-0.05, 0) is 18.6 Å². The highest BCUT2D eigenvalue weighted by Crippen LogP contribution is 2.31. The van der Waals surface area contributed by atoms with Crippen LogP contribution < -0.4 is 0 Å². The summed E-state index contributed by atoms with van der Waals surface area (Å²) in [5, 5.41) is 1.52. The van der Waals surface area contributed by atoms with Crippen LogP contribution in [0.3, 0.4) is 0 Å². The first-order valence-electron chi connectivity index (χ1n) is 3.99. The summed E-state index contributed by atoms with van der Waals surface area (Å²) in [7, 11) is 0. The van der Waals surface area contributed by atoms with E-state index in [1.807, 2.05) is 0 Å². The number of rotatable bonds is 0. The molecule has 2 rings (SSSR count). The van der Waals surface area contributed by atoms with Crippen molar-refractivity contribution in [3.8, 4) is 0 Å². The van der Waals surface area contributed by atoms with E-state index in [-0.39, 0.29) is 5.82 Å². The van der Waals surface area contributed by atoms with Gasteiger partial charge in [0, 0.05) is 17.6 Å². The van der Waals surface area contributed by atoms with Crippen molar-refractivity contribution in [2.45, 2.75) is 6.92 Å². The van der Waals surface area contributed by atoms with Gasteiger partial charge in [0.05, 0.1) is 15.6 Å². The Labute approximate surface area is 90.5 Å². The van der Waals surface area contributed by atoms with Gasteiger partial charge in [-0.3, -0.25) is 4.98 Å². The molecule has 0 aliphatic rings. The number of aromatic nitrogens is 1. The summed E-state index contributed by atoms with van der Waals surface area (Å²) in [5.74, 6) is -0.319. The molecular formula is C10H6Cl2FN. The predicted molar refractivity (Wildman–Crippen MR) is 56.5 cm³/mol. The monoisotopic (exact) mass is 229 g/mol. The van der Waals surface area contributed by atoms with Crippen LogP contribution in [0.5, 0.6) is 0 Å². The molecule has 0 fully saturated rings. The highest BCUT2D eigenvalue weighted by molar-refractivity contribution is 6.45. The van der Waals surface area contributed by atoms with Crippen molar-refractivity contribution < 1.29 is 4.39 Å². The van der Waals surface area contributed by atoms with E-state index in [9.17, 15) is 4.39 Å². The molecule has 0 radical (unpaired) electrons. The number of aryl methyl sites for hydroxylation is 1. The number of fused-ring (bicyclic) bond motifs is 1. The second-order valence-electron chi connectivity index (χ2n) is 3.04. The molecule has 14 heavy (non-hydrogen) atoms. The van der Waals surface area contributed by atoms with Gasteiger partial charge in [-0.25, -0.2) is 4.39 Å². The van der Waals surface area contributed by atoms with Crippen LogP contribution in [0.4, 0.5) is 4.39 Å². The number of nitrogens with zero attached hydrogens (tertiary/aromatic N) is 1. The van der Waals surface area contributed by atoms with Gasteiger partial charge in [0.25, 0.3) is 0 Å². The molecule has 0 saturated carbocycles. The van der Waals surface area contributed by atoms with Crippen LogP contribution in [0.15, 0.2) is 18.3 Å². The normalized spacial score (nSPS) is 10.9. The molecule has 0 unspecified atom stereocenters. The molecule has 1 nitrogen and oxygen atoms in total. The standard InChI is InChI=1S/C10H6Cl2FN/c1-5-2-6(13)3-8-9(5)10(12)7(11)4-14-8/h2-4H,1H3. The lowest BCUT2D eigenvalue weighted by atomic mass is 10.1. The molecule has 4 heteroatoms. The molecule has 0 atom stereocenters. The molecule has 1 heterocycles. The molecule has 0 amide bonds. The number of halogens is 3. The highest BCUT2D eigenvalue weighted by atomic mass is 35.5. The molecule has 0 bridgehead atoms. The first-order chi connectivity index (χ1) is 6.59. The maximum absolute atomic E-state index is 13.0. The lowest BCUT2D eigenvalue weighted by Crippen LogP contribution is -1.87. The van der Waals surface area contributed by atoms with Crippen LogP contribution >= 0.6 is 23.2 Å². The second-order valence-corrected chi connectivity index (χ2v) is 3.82. The van der Waals surface area contributed by atoms with Crippen LogP contribution in [0.2, 0.25) is 10.0 Å². The van der Waals surface area contributed by atoms with E-state index >= 15 is 0 Å². The van der Waals surface area contributed by atoms with Gasteiger partial charge in [-0.2, -0.15) is 0 Å². The Bertz CT molecular complexity index is 511. The average Bonchev–Trinajstić information content (AvgIpc) is 2.10. The summed E-state index contributed by atoms with van der Waals surface area (Å²) in [4.78, 5) is 4.01. The van der Waals surface area contributed by atoms with E-state index in [2.05, 4.69) is 4.98 Å². The molecule has 0 saturated heterocycles. The molecular weight excluding hydrogens is 224 g/mol. The lowest BCUT2D eigenvalue weighted by Gasteiger charge is -2.05. The fourth-order valence-electron chi connectivity index (χ4n) is 1.42. The quantitative estimate of drug-likeness (QED) is 0.666. The molecule has 0 spiro atoms. The minimum Gasteiger partial charge on any atom is -0.254 e. The Hall–Kier alpha value is -0.860. The average molecular weight is 230 g/mol. The van der Waals surface area contributed by atoms with Gasteiger partial charge in [0.2, 0.25) is 0 Å². The van der Waals surface area contributed by atoms with Crippen LogP contribution in [-0.2, 0) is 0 Å². The minimum absolute atomic E-state index is 0.319. The summed E-state index contributed by atoms with van der Waals surface area (Å²) in [6, 6.07) is 2.75. The van der Waals surface area contributed by atoms with Crippen molar-refractivity contribution in [2.24, 2.45) is 0 Å². The zero-order chi connectivity index (χ0) is 10.3. The Morgan fingerprint density at radius 1 is 1.29 bits per heavy atom. The Kier molecular flexibility index (Phi) is 2.33. The van der Waals surface area contributed by atoms with Gasteiger partial charge in [-0.1, -0.05) is 23.2 Å². The summed E-state index contributed by atoms with van der Waals surface area (Å²) >= 11 is 11.8. The van der Waals surface area contributed by atoms with E-state index in [0.29, 0.717) is 20.9 Å². The Morgan fingerprint density at radius 3 is 2.71 bits per heavy atom. The van der Waals surface area contributed by atoms with Crippen LogP contribution in [0.1, 0.15) is 5.56 Å². The fourth-order valence-corrected chi connectivity index (χ4v) is 1.85. The van der Waals surface area contributed by atoms with Crippen LogP contribution in [-0.4, -0.2) is 4.98 Å². The fraction of sp³-hybridized carbons (Fsp3) is 0.100. The van der Waals surface area contributed by atoms with Gasteiger partial charge in [-0.15, -0.1) is 0 Å². The van der Waals surface area contributed by atoms with Crippen molar-refractivity contribution >= 4 is 34.1 Å².